The van der Waals surface area contributed by atoms with Crippen molar-refractivity contribution >= 4 is 11.6 Å². The number of nitrogens with zero attached hydrogens (tertiary/aromatic N) is 2. The average molecular weight is 313 g/mol. The molecular weight excluding hydrogens is 286 g/mol. The van der Waals surface area contributed by atoms with Crippen molar-refractivity contribution in [2.75, 3.05) is 13.1 Å². The Balaban J connectivity index is 1.74. The van der Waals surface area contributed by atoms with E-state index in [1.54, 1.807) is 0 Å². The zero-order valence-corrected chi connectivity index (χ0v) is 14.2. The normalized spacial score (nSPS) is 25.1. The van der Waals surface area contributed by atoms with Crippen LogP contribution in [0.15, 0.2) is 35.4 Å². The molecular formula is C19H27N3O. The average Bonchev–Trinajstić information content (AvgIpc) is 2.67. The van der Waals surface area contributed by atoms with Gasteiger partial charge in [-0.05, 0) is 38.8 Å². The first-order valence-electron chi connectivity index (χ1n) is 8.82. The van der Waals surface area contributed by atoms with E-state index in [1.165, 1.54) is 31.4 Å². The number of hydrazone groups is 1. The fraction of sp³-hybridized carbons (Fsp3) is 0.579. The van der Waals surface area contributed by atoms with Crippen molar-refractivity contribution in [1.82, 2.24) is 10.3 Å². The van der Waals surface area contributed by atoms with Gasteiger partial charge in [0.25, 0.3) is 5.91 Å². The van der Waals surface area contributed by atoms with Gasteiger partial charge in [0, 0.05) is 42.2 Å². The highest BCUT2D eigenvalue weighted by molar-refractivity contribution is 5.96. The molecule has 2 bridgehead atoms. The number of nitrogens with one attached hydrogen (secondary N) is 1. The van der Waals surface area contributed by atoms with Crippen LogP contribution < -0.4 is 5.43 Å². The summed E-state index contributed by atoms with van der Waals surface area (Å²) in [7, 11) is 0. The lowest BCUT2D eigenvalue weighted by atomic mass is 9.85. The van der Waals surface area contributed by atoms with Gasteiger partial charge < -0.3 is 0 Å². The van der Waals surface area contributed by atoms with E-state index in [0.717, 1.165) is 13.1 Å². The van der Waals surface area contributed by atoms with E-state index in [9.17, 15) is 4.79 Å². The third-order valence-electron chi connectivity index (χ3n) is 5.15. The minimum atomic E-state index is -0.110. The lowest BCUT2D eigenvalue weighted by Gasteiger charge is -2.39. The fourth-order valence-corrected chi connectivity index (χ4v) is 3.79. The second kappa shape index (κ2) is 7.26. The van der Waals surface area contributed by atoms with Crippen LogP contribution in [0.5, 0.6) is 0 Å². The molecule has 1 saturated heterocycles. The second-order valence-electron chi connectivity index (χ2n) is 7.07. The highest BCUT2D eigenvalue weighted by atomic mass is 16.2. The summed E-state index contributed by atoms with van der Waals surface area (Å²) in [5.74, 6) is 0.880. The van der Waals surface area contributed by atoms with Crippen molar-refractivity contribution in [3.8, 4) is 0 Å². The maximum absolute atomic E-state index is 12.2. The minimum Gasteiger partial charge on any atom is -0.300 e. The zero-order valence-electron chi connectivity index (χ0n) is 14.2. The van der Waals surface area contributed by atoms with Crippen LogP contribution in [0, 0.1) is 11.8 Å². The van der Waals surface area contributed by atoms with Crippen LogP contribution in [0.25, 0.3) is 0 Å². The lowest BCUT2D eigenvalue weighted by molar-refractivity contribution is 0.0953. The van der Waals surface area contributed by atoms with Gasteiger partial charge >= 0.3 is 0 Å². The van der Waals surface area contributed by atoms with E-state index in [-0.39, 0.29) is 5.91 Å². The number of carbonyl (C=O) groups is 1. The molecule has 2 atom stereocenters. The monoisotopic (exact) mass is 313 g/mol. The first kappa shape index (κ1) is 16.2. The summed E-state index contributed by atoms with van der Waals surface area (Å²) in [5.41, 5.74) is 4.69. The highest BCUT2D eigenvalue weighted by Crippen LogP contribution is 2.32. The van der Waals surface area contributed by atoms with Gasteiger partial charge in [-0.1, -0.05) is 31.0 Å². The maximum Gasteiger partial charge on any atom is 0.271 e. The summed E-state index contributed by atoms with van der Waals surface area (Å²) >= 11 is 0. The van der Waals surface area contributed by atoms with Crippen LogP contribution in [0.2, 0.25) is 0 Å². The molecule has 1 aliphatic heterocycles. The molecule has 0 aromatic heterocycles. The molecule has 1 aliphatic carbocycles. The molecule has 1 saturated carbocycles. The molecule has 124 valence electrons. The summed E-state index contributed by atoms with van der Waals surface area (Å²) in [6, 6.07) is 9.90. The largest absolute Gasteiger partial charge is 0.300 e. The van der Waals surface area contributed by atoms with Crippen LogP contribution in [-0.4, -0.2) is 35.7 Å². The van der Waals surface area contributed by atoms with Crippen LogP contribution in [-0.2, 0) is 0 Å². The number of fused-ring (bicyclic) bond motifs is 2. The van der Waals surface area contributed by atoms with Gasteiger partial charge in [0.15, 0.2) is 0 Å². The van der Waals surface area contributed by atoms with Crippen LogP contribution in [0.1, 0.15) is 49.9 Å². The Kier molecular flexibility index (Phi) is 5.11. The predicted octanol–water partition coefficient (Wildman–Crippen LogP) is 3.30. The summed E-state index contributed by atoms with van der Waals surface area (Å²) in [6.07, 6.45) is 4.94. The van der Waals surface area contributed by atoms with Crippen molar-refractivity contribution in [3.63, 3.8) is 0 Å². The quantitative estimate of drug-likeness (QED) is 0.870. The van der Waals surface area contributed by atoms with Crippen LogP contribution in [0.3, 0.4) is 0 Å². The molecule has 3 rings (SSSR count). The van der Waals surface area contributed by atoms with E-state index in [4.69, 9.17) is 0 Å². The fourth-order valence-electron chi connectivity index (χ4n) is 3.79. The van der Waals surface area contributed by atoms with E-state index in [2.05, 4.69) is 29.3 Å². The highest BCUT2D eigenvalue weighted by Gasteiger charge is 2.35. The zero-order chi connectivity index (χ0) is 16.2. The first-order chi connectivity index (χ1) is 11.1. The van der Waals surface area contributed by atoms with Crippen LogP contribution >= 0.6 is 0 Å². The molecule has 1 amide bonds. The molecule has 0 radical (unpaired) electrons. The number of likely N-dealkylation sites (tertiary alicyclic amines) is 1. The molecule has 2 aliphatic rings. The van der Waals surface area contributed by atoms with Crippen molar-refractivity contribution in [3.05, 3.63) is 35.9 Å². The Morgan fingerprint density at radius 1 is 1.13 bits per heavy atom. The second-order valence-corrected chi connectivity index (χ2v) is 7.07. The predicted molar refractivity (Wildman–Crippen MR) is 93.5 cm³/mol. The number of benzene rings is 1. The number of hydrogen-bond donors (Lipinski definition) is 1. The van der Waals surface area contributed by atoms with E-state index in [1.807, 2.05) is 30.3 Å². The number of amides is 1. The van der Waals surface area contributed by atoms with Crippen molar-refractivity contribution in [1.29, 1.82) is 0 Å². The Morgan fingerprint density at radius 3 is 2.30 bits per heavy atom. The molecule has 1 N–H and O–H groups in total. The smallest absolute Gasteiger partial charge is 0.271 e. The van der Waals surface area contributed by atoms with Gasteiger partial charge in [-0.15, -0.1) is 0 Å². The van der Waals surface area contributed by atoms with Crippen molar-refractivity contribution in [2.24, 2.45) is 16.9 Å². The van der Waals surface area contributed by atoms with Gasteiger partial charge in [0.2, 0.25) is 0 Å². The standard InChI is InChI=1S/C19H27N3O/c1-14(2)22-12-16-10-6-7-11-17(13-22)18(16)20-21-19(23)15-8-4-3-5-9-15/h3-5,8-9,14,16-17H,6-7,10-13H2,1-2H3,(H,21,23). The molecule has 2 unspecified atom stereocenters. The SMILES string of the molecule is CC(C)N1CC2CCCCC(C1)C2=NNC(=O)c1ccccc1. The van der Waals surface area contributed by atoms with Gasteiger partial charge in [-0.2, -0.15) is 5.10 Å². The maximum atomic E-state index is 12.2. The topological polar surface area (TPSA) is 44.7 Å². The van der Waals surface area contributed by atoms with Gasteiger partial charge in [-0.3, -0.25) is 9.69 Å². The van der Waals surface area contributed by atoms with Gasteiger partial charge in [-0.25, -0.2) is 5.43 Å². The Hall–Kier alpha value is -1.68. The molecule has 0 spiro atoms. The van der Waals surface area contributed by atoms with Crippen LogP contribution in [0.4, 0.5) is 0 Å². The number of hydrogen-bond acceptors (Lipinski definition) is 3. The first-order valence-corrected chi connectivity index (χ1v) is 8.82. The van der Waals surface area contributed by atoms with Gasteiger partial charge in [0.1, 0.15) is 0 Å². The van der Waals surface area contributed by atoms with Gasteiger partial charge in [0.05, 0.1) is 0 Å². The Labute approximate surface area is 139 Å². The minimum absolute atomic E-state index is 0.110. The molecule has 1 heterocycles. The molecule has 1 aromatic carbocycles. The summed E-state index contributed by atoms with van der Waals surface area (Å²) in [5, 5.41) is 4.59. The lowest BCUT2D eigenvalue weighted by Crippen LogP contribution is -2.49. The number of rotatable bonds is 3. The van der Waals surface area contributed by atoms with E-state index >= 15 is 0 Å². The molecule has 4 heteroatoms. The Morgan fingerprint density at radius 2 is 1.74 bits per heavy atom. The number of piperidine rings is 1. The third-order valence-corrected chi connectivity index (χ3v) is 5.15. The molecule has 23 heavy (non-hydrogen) atoms. The molecule has 1 aromatic rings. The summed E-state index contributed by atoms with van der Waals surface area (Å²) in [6.45, 7) is 6.69. The third kappa shape index (κ3) is 3.81. The summed E-state index contributed by atoms with van der Waals surface area (Å²) in [4.78, 5) is 14.8. The molecule has 2 fully saturated rings. The van der Waals surface area contributed by atoms with Crippen molar-refractivity contribution < 1.29 is 4.79 Å². The van der Waals surface area contributed by atoms with E-state index < -0.39 is 0 Å². The van der Waals surface area contributed by atoms with Crippen molar-refractivity contribution in [2.45, 2.75) is 45.6 Å². The Bertz CT molecular complexity index is 549. The molecule has 4 nitrogen and oxygen atoms in total. The number of carbonyl (C=O) groups excluding carboxylic acids is 1. The van der Waals surface area contributed by atoms with E-state index in [0.29, 0.717) is 23.4 Å². The summed E-state index contributed by atoms with van der Waals surface area (Å²) < 4.78 is 0.